The summed E-state index contributed by atoms with van der Waals surface area (Å²) in [5, 5.41) is 0. The first-order valence-electron chi connectivity index (χ1n) is 9.89. The van der Waals surface area contributed by atoms with Gasteiger partial charge in [-0.2, -0.15) is 8.42 Å². The topological polar surface area (TPSA) is 131 Å². The summed E-state index contributed by atoms with van der Waals surface area (Å²) in [6, 6.07) is 8.24. The minimum Gasteiger partial charge on any atom is -0.726 e. The van der Waals surface area contributed by atoms with Crippen LogP contribution in [0.1, 0.15) is 43.5 Å². The molecule has 0 spiro atoms. The second-order valence-corrected chi connectivity index (χ2v) is 12.9. The molecule has 0 saturated carbocycles. The lowest BCUT2D eigenvalue weighted by Gasteiger charge is -2.36. The van der Waals surface area contributed by atoms with Gasteiger partial charge in [0.2, 0.25) is 16.2 Å². The molecule has 1 heterocycles. The molecule has 1 aromatic rings. The molecule has 0 amide bonds. The monoisotopic (exact) mass is 514 g/mol. The Balaban J connectivity index is 0.000000662. The van der Waals surface area contributed by atoms with Crippen LogP contribution in [-0.2, 0) is 39.8 Å². The van der Waals surface area contributed by atoms with Gasteiger partial charge in [0.1, 0.15) is 12.5 Å². The van der Waals surface area contributed by atoms with Gasteiger partial charge in [0.15, 0.2) is 10.4 Å². The molecule has 1 saturated heterocycles. The van der Waals surface area contributed by atoms with Crippen molar-refractivity contribution < 1.29 is 39.4 Å². The molecule has 186 valence electrons. The zero-order valence-corrected chi connectivity index (χ0v) is 22.3. The number of piperidine rings is 1. The summed E-state index contributed by atoms with van der Waals surface area (Å²) in [7, 11) is -5.39. The van der Waals surface area contributed by atoms with Gasteiger partial charge in [-0.1, -0.05) is 0 Å². The van der Waals surface area contributed by atoms with Crippen molar-refractivity contribution in [1.29, 1.82) is 0 Å². The number of benzene rings is 1. The van der Waals surface area contributed by atoms with Gasteiger partial charge >= 0.3 is 0 Å². The van der Waals surface area contributed by atoms with Crippen molar-refractivity contribution in [1.82, 2.24) is 0 Å². The van der Waals surface area contributed by atoms with Crippen molar-refractivity contribution in [3.8, 4) is 0 Å². The van der Waals surface area contributed by atoms with E-state index in [1.807, 2.05) is 12.1 Å². The molecule has 0 atom stereocenters. The van der Waals surface area contributed by atoms with Crippen LogP contribution in [0.2, 0.25) is 0 Å². The maximum Gasteiger partial charge on any atom is 0.264 e. The second-order valence-electron chi connectivity index (χ2n) is 7.90. The third kappa shape index (κ3) is 12.3. The zero-order chi connectivity index (χ0) is 25.2. The van der Waals surface area contributed by atoms with Crippen molar-refractivity contribution in [2.24, 2.45) is 0 Å². The molecule has 1 aliphatic rings. The maximum absolute atomic E-state index is 12.8. The normalized spacial score (nSPS) is 15.3. The standard InChI is InChI=1S/C17H26NOS.C2H6O3S.CH4O4S/c1-17(2,18-12-6-5-7-13-18)16(19)14-8-10-15(11-9-14)20(3)4;2*1-5-6(2,3)4/h8-11H,5-7,12-13H2,1-4H3;1-2H3;1H3,(H,2,3,4)/q+1;;. The highest BCUT2D eigenvalue weighted by Gasteiger charge is 2.39. The molecule has 0 unspecified atom stereocenters. The number of quaternary nitrogens is 1. The Hall–Kier alpha value is -1.02. The SMILES string of the molecule is COS(=O)(=O)[O-].COS(C)(=O)=O.C[S+](C)c1ccc(C(=O)C(C)(C)[NH+]2CCCCC2)cc1. The molecular weight excluding hydrogens is 478 g/mol. The van der Waals surface area contributed by atoms with E-state index in [1.165, 1.54) is 29.1 Å². The summed E-state index contributed by atoms with van der Waals surface area (Å²) in [6.07, 6.45) is 9.22. The van der Waals surface area contributed by atoms with E-state index in [-0.39, 0.29) is 22.2 Å². The summed E-state index contributed by atoms with van der Waals surface area (Å²) < 4.78 is 54.5. The van der Waals surface area contributed by atoms with Crippen LogP contribution in [0.4, 0.5) is 0 Å². The number of hydrogen-bond acceptors (Lipinski definition) is 8. The first-order valence-corrected chi connectivity index (χ1v) is 15.1. The Morgan fingerprint density at radius 1 is 0.969 bits per heavy atom. The Morgan fingerprint density at radius 2 is 1.38 bits per heavy atom. The van der Waals surface area contributed by atoms with Gasteiger partial charge in [0.05, 0.1) is 33.6 Å². The van der Waals surface area contributed by atoms with Crippen molar-refractivity contribution >= 4 is 37.2 Å². The minimum absolute atomic E-state index is 0.258. The van der Waals surface area contributed by atoms with Crippen LogP contribution >= 0.6 is 0 Å². The number of Topliss-reactive ketones (excluding diaryl/α,β-unsaturated/α-hetero) is 1. The predicted molar refractivity (Wildman–Crippen MR) is 125 cm³/mol. The number of carbonyl (C=O) groups is 1. The fourth-order valence-corrected chi connectivity index (χ4v) is 3.68. The minimum atomic E-state index is -4.41. The van der Waals surface area contributed by atoms with Gasteiger partial charge in [0, 0.05) is 16.5 Å². The molecule has 1 fully saturated rings. The number of nitrogens with one attached hydrogen (secondary N) is 1. The van der Waals surface area contributed by atoms with E-state index in [9.17, 15) is 26.2 Å². The fraction of sp³-hybridized carbons (Fsp3) is 0.650. The molecule has 0 aromatic heterocycles. The summed E-state index contributed by atoms with van der Waals surface area (Å²) in [4.78, 5) is 15.6. The number of hydrogen-bond donors (Lipinski definition) is 1. The zero-order valence-electron chi connectivity index (χ0n) is 19.8. The summed E-state index contributed by atoms with van der Waals surface area (Å²) in [6.45, 7) is 6.47. The van der Waals surface area contributed by atoms with Crippen LogP contribution in [0.3, 0.4) is 0 Å². The Bertz CT molecular complexity index is 873. The number of rotatable bonds is 6. The van der Waals surface area contributed by atoms with Crippen LogP contribution < -0.4 is 4.90 Å². The molecule has 0 bridgehead atoms. The van der Waals surface area contributed by atoms with Crippen LogP contribution in [0.15, 0.2) is 29.2 Å². The van der Waals surface area contributed by atoms with Crippen molar-refractivity contribution in [2.75, 3.05) is 46.1 Å². The van der Waals surface area contributed by atoms with E-state index < -0.39 is 20.5 Å². The molecule has 32 heavy (non-hydrogen) atoms. The lowest BCUT2D eigenvalue weighted by atomic mass is 9.89. The van der Waals surface area contributed by atoms with Gasteiger partial charge in [-0.25, -0.2) is 8.42 Å². The predicted octanol–water partition coefficient (Wildman–Crippen LogP) is 0.639. The first-order chi connectivity index (χ1) is 14.5. The highest BCUT2D eigenvalue weighted by Crippen LogP contribution is 2.15. The average Bonchev–Trinajstić information content (AvgIpc) is 2.73. The third-order valence-corrected chi connectivity index (χ3v) is 7.23. The van der Waals surface area contributed by atoms with Gasteiger partial charge in [-0.3, -0.25) is 13.2 Å². The fourth-order valence-electron chi connectivity index (χ4n) is 3.00. The van der Waals surface area contributed by atoms with Crippen LogP contribution in [0, 0.1) is 0 Å². The smallest absolute Gasteiger partial charge is 0.264 e. The maximum atomic E-state index is 12.8. The molecule has 0 aliphatic carbocycles. The average molecular weight is 515 g/mol. The van der Waals surface area contributed by atoms with Gasteiger partial charge in [-0.15, -0.1) is 0 Å². The molecule has 1 aromatic carbocycles. The van der Waals surface area contributed by atoms with E-state index in [4.69, 9.17) is 0 Å². The van der Waals surface area contributed by atoms with E-state index in [2.05, 4.69) is 46.9 Å². The quantitative estimate of drug-likeness (QED) is 0.192. The summed E-state index contributed by atoms with van der Waals surface area (Å²) >= 11 is 0. The summed E-state index contributed by atoms with van der Waals surface area (Å²) in [5.41, 5.74) is 0.560. The Labute approximate surface area is 195 Å². The third-order valence-electron chi connectivity index (χ3n) is 5.00. The lowest BCUT2D eigenvalue weighted by molar-refractivity contribution is -0.941. The molecule has 0 radical (unpaired) electrons. The highest BCUT2D eigenvalue weighted by atomic mass is 32.3. The van der Waals surface area contributed by atoms with Crippen LogP contribution in [0.25, 0.3) is 0 Å². The van der Waals surface area contributed by atoms with E-state index >= 15 is 0 Å². The van der Waals surface area contributed by atoms with Gasteiger partial charge in [0.25, 0.3) is 10.1 Å². The molecule has 9 nitrogen and oxygen atoms in total. The molecule has 2 rings (SSSR count). The molecular formula is C20H36NO8S3+. The van der Waals surface area contributed by atoms with Crippen molar-refractivity contribution in [3.05, 3.63) is 29.8 Å². The molecule has 1 N–H and O–H groups in total. The summed E-state index contributed by atoms with van der Waals surface area (Å²) in [5.74, 6) is 0.285. The van der Waals surface area contributed by atoms with Crippen LogP contribution in [0.5, 0.6) is 0 Å². The first kappa shape index (κ1) is 31.0. The highest BCUT2D eigenvalue weighted by molar-refractivity contribution is 7.95. The molecule has 12 heteroatoms. The van der Waals surface area contributed by atoms with E-state index in [1.54, 1.807) is 0 Å². The second kappa shape index (κ2) is 13.6. The Kier molecular flexibility index (Phi) is 13.2. The largest absolute Gasteiger partial charge is 0.726 e. The van der Waals surface area contributed by atoms with E-state index in [0.29, 0.717) is 0 Å². The number of carbonyl (C=O) groups excluding carboxylic acids is 1. The lowest BCUT2D eigenvalue weighted by Crippen LogP contribution is -3.21. The van der Waals surface area contributed by atoms with Gasteiger partial charge < -0.3 is 9.45 Å². The van der Waals surface area contributed by atoms with Gasteiger partial charge in [-0.05, 0) is 57.4 Å². The Morgan fingerprint density at radius 3 is 1.69 bits per heavy atom. The molecule has 1 aliphatic heterocycles. The van der Waals surface area contributed by atoms with Crippen molar-refractivity contribution in [3.63, 3.8) is 0 Å². The van der Waals surface area contributed by atoms with Crippen molar-refractivity contribution in [2.45, 2.75) is 43.5 Å². The number of ketones is 1. The van der Waals surface area contributed by atoms with Crippen LogP contribution in [-0.4, -0.2) is 78.8 Å². The van der Waals surface area contributed by atoms with E-state index in [0.717, 1.165) is 39.1 Å². The number of likely N-dealkylation sites (tertiary alicyclic amines) is 1.